The second kappa shape index (κ2) is 6.90. The van der Waals surface area contributed by atoms with Gasteiger partial charge in [-0.2, -0.15) is 0 Å². The summed E-state index contributed by atoms with van der Waals surface area (Å²) in [6.07, 6.45) is 0.390. The Bertz CT molecular complexity index is 457. The van der Waals surface area contributed by atoms with Crippen LogP contribution in [0, 0.1) is 0 Å². The number of thiocarbonyl (C=S) groups is 1. The van der Waals surface area contributed by atoms with Gasteiger partial charge in [0.15, 0.2) is 5.11 Å². The van der Waals surface area contributed by atoms with Crippen LogP contribution in [0.5, 0.6) is 5.75 Å². The van der Waals surface area contributed by atoms with Gasteiger partial charge >= 0.3 is 0 Å². The van der Waals surface area contributed by atoms with Gasteiger partial charge in [0, 0.05) is 13.1 Å². The maximum Gasteiger partial charge on any atom is 0.173 e. The van der Waals surface area contributed by atoms with E-state index in [0.717, 1.165) is 29.6 Å². The predicted molar refractivity (Wildman–Crippen MR) is 85.4 cm³/mol. The first kappa shape index (κ1) is 15.1. The van der Waals surface area contributed by atoms with Crippen LogP contribution in [0.3, 0.4) is 0 Å². The van der Waals surface area contributed by atoms with Crippen LogP contribution in [0.2, 0.25) is 0 Å². The van der Waals surface area contributed by atoms with Crippen LogP contribution in [0.15, 0.2) is 24.3 Å². The number of ether oxygens (including phenoxy) is 2. The van der Waals surface area contributed by atoms with Gasteiger partial charge in [-0.1, -0.05) is 12.1 Å². The summed E-state index contributed by atoms with van der Waals surface area (Å²) < 4.78 is 11.3. The molecule has 0 aromatic heterocycles. The lowest BCUT2D eigenvalue weighted by Gasteiger charge is -2.37. The fourth-order valence-electron chi connectivity index (χ4n) is 2.39. The zero-order valence-electron chi connectivity index (χ0n) is 12.3. The fraction of sp³-hybridized carbons (Fsp3) is 0.533. The summed E-state index contributed by atoms with van der Waals surface area (Å²) in [5, 5.41) is 4.00. The lowest BCUT2D eigenvalue weighted by molar-refractivity contribution is -0.0473. The fourth-order valence-corrected chi connectivity index (χ4v) is 2.65. The van der Waals surface area contributed by atoms with E-state index in [1.54, 1.807) is 0 Å². The van der Waals surface area contributed by atoms with Crippen molar-refractivity contribution in [2.75, 3.05) is 25.0 Å². The van der Waals surface area contributed by atoms with Crippen LogP contribution < -0.4 is 10.1 Å². The lowest BCUT2D eigenvalue weighted by atomic mass is 10.2. The van der Waals surface area contributed by atoms with E-state index in [4.69, 9.17) is 21.7 Å². The molecule has 0 saturated carbocycles. The molecule has 2 rings (SSSR count). The Kier molecular flexibility index (Phi) is 5.20. The van der Waals surface area contributed by atoms with Gasteiger partial charge in [-0.3, -0.25) is 0 Å². The molecular formula is C15H22N2O2S. The molecule has 0 bridgehead atoms. The SMILES string of the molecule is CCOc1ccccc1NC(=S)N1CC(C)OC(C)C1. The van der Waals surface area contributed by atoms with Crippen molar-refractivity contribution in [3.63, 3.8) is 0 Å². The molecule has 1 aromatic rings. The zero-order chi connectivity index (χ0) is 14.5. The van der Waals surface area contributed by atoms with E-state index in [-0.39, 0.29) is 12.2 Å². The van der Waals surface area contributed by atoms with Gasteiger partial charge in [-0.05, 0) is 45.1 Å². The van der Waals surface area contributed by atoms with Crippen molar-refractivity contribution in [3.05, 3.63) is 24.3 Å². The Morgan fingerprint density at radius 2 is 2.00 bits per heavy atom. The van der Waals surface area contributed by atoms with E-state index in [1.165, 1.54) is 0 Å². The molecule has 0 aliphatic carbocycles. The van der Waals surface area contributed by atoms with Crippen molar-refractivity contribution < 1.29 is 9.47 Å². The van der Waals surface area contributed by atoms with Crippen LogP contribution in [0.25, 0.3) is 0 Å². The molecule has 1 N–H and O–H groups in total. The van der Waals surface area contributed by atoms with E-state index in [0.29, 0.717) is 6.61 Å². The smallest absolute Gasteiger partial charge is 0.173 e. The predicted octanol–water partition coefficient (Wildman–Crippen LogP) is 2.89. The van der Waals surface area contributed by atoms with E-state index in [9.17, 15) is 0 Å². The zero-order valence-corrected chi connectivity index (χ0v) is 13.1. The molecule has 1 heterocycles. The quantitative estimate of drug-likeness (QED) is 0.867. The molecule has 1 aromatic carbocycles. The molecule has 2 atom stereocenters. The minimum absolute atomic E-state index is 0.195. The van der Waals surface area contributed by atoms with E-state index in [2.05, 4.69) is 24.1 Å². The maximum absolute atomic E-state index is 5.73. The summed E-state index contributed by atoms with van der Waals surface area (Å²) in [6.45, 7) is 8.37. The second-order valence-corrected chi connectivity index (χ2v) is 5.41. The summed E-state index contributed by atoms with van der Waals surface area (Å²) in [6, 6.07) is 7.85. The maximum atomic E-state index is 5.73. The van der Waals surface area contributed by atoms with Crippen molar-refractivity contribution >= 4 is 23.0 Å². The first-order valence-electron chi connectivity index (χ1n) is 7.03. The molecule has 0 spiro atoms. The molecular weight excluding hydrogens is 272 g/mol. The van der Waals surface area contributed by atoms with Crippen LogP contribution in [-0.4, -0.2) is 41.9 Å². The average Bonchev–Trinajstić information content (AvgIpc) is 2.40. The third-order valence-electron chi connectivity index (χ3n) is 3.14. The summed E-state index contributed by atoms with van der Waals surface area (Å²) in [7, 11) is 0. The number of rotatable bonds is 3. The van der Waals surface area contributed by atoms with Crippen molar-refractivity contribution in [2.24, 2.45) is 0 Å². The van der Waals surface area contributed by atoms with E-state index >= 15 is 0 Å². The van der Waals surface area contributed by atoms with Gasteiger partial charge in [-0.25, -0.2) is 0 Å². The highest BCUT2D eigenvalue weighted by Gasteiger charge is 2.24. The number of nitrogens with zero attached hydrogens (tertiary/aromatic N) is 1. The highest BCUT2D eigenvalue weighted by atomic mass is 32.1. The minimum Gasteiger partial charge on any atom is -0.492 e. The molecule has 1 aliphatic rings. The Morgan fingerprint density at radius 1 is 1.35 bits per heavy atom. The van der Waals surface area contributed by atoms with Crippen molar-refractivity contribution in [1.82, 2.24) is 4.90 Å². The first-order valence-corrected chi connectivity index (χ1v) is 7.44. The van der Waals surface area contributed by atoms with Gasteiger partial charge in [-0.15, -0.1) is 0 Å². The van der Waals surface area contributed by atoms with Crippen molar-refractivity contribution in [3.8, 4) is 5.75 Å². The van der Waals surface area contributed by atoms with E-state index in [1.807, 2.05) is 31.2 Å². The Morgan fingerprint density at radius 3 is 2.65 bits per heavy atom. The Labute approximate surface area is 126 Å². The Balaban J connectivity index is 2.04. The van der Waals surface area contributed by atoms with Crippen molar-refractivity contribution in [2.45, 2.75) is 33.0 Å². The van der Waals surface area contributed by atoms with Crippen LogP contribution in [0.4, 0.5) is 5.69 Å². The molecule has 110 valence electrons. The van der Waals surface area contributed by atoms with Gasteiger partial charge in [0.1, 0.15) is 5.75 Å². The molecule has 5 heteroatoms. The largest absolute Gasteiger partial charge is 0.492 e. The highest BCUT2D eigenvalue weighted by Crippen LogP contribution is 2.24. The monoisotopic (exact) mass is 294 g/mol. The van der Waals surface area contributed by atoms with Crippen molar-refractivity contribution in [1.29, 1.82) is 0 Å². The normalized spacial score (nSPS) is 22.4. The number of nitrogens with one attached hydrogen (secondary N) is 1. The van der Waals surface area contributed by atoms with Gasteiger partial charge in [0.25, 0.3) is 0 Å². The average molecular weight is 294 g/mol. The second-order valence-electron chi connectivity index (χ2n) is 5.02. The number of hydrogen-bond donors (Lipinski definition) is 1. The van der Waals surface area contributed by atoms with Crippen LogP contribution in [-0.2, 0) is 4.74 Å². The third-order valence-corrected chi connectivity index (χ3v) is 3.50. The number of hydrogen-bond acceptors (Lipinski definition) is 3. The number of morpholine rings is 1. The van der Waals surface area contributed by atoms with Gasteiger partial charge < -0.3 is 19.7 Å². The molecule has 1 aliphatic heterocycles. The third kappa shape index (κ3) is 3.84. The van der Waals surface area contributed by atoms with E-state index < -0.39 is 0 Å². The minimum atomic E-state index is 0.195. The molecule has 1 fully saturated rings. The highest BCUT2D eigenvalue weighted by molar-refractivity contribution is 7.80. The first-order chi connectivity index (χ1) is 9.60. The Hall–Kier alpha value is -1.33. The standard InChI is InChI=1S/C15H22N2O2S/c1-4-18-14-8-6-5-7-13(14)16-15(20)17-9-11(2)19-12(3)10-17/h5-8,11-12H,4,9-10H2,1-3H3,(H,16,20). The number of anilines is 1. The summed E-state index contributed by atoms with van der Waals surface area (Å²) in [4.78, 5) is 2.15. The summed E-state index contributed by atoms with van der Waals surface area (Å²) >= 11 is 5.51. The molecule has 0 radical (unpaired) electrons. The number of benzene rings is 1. The van der Waals surface area contributed by atoms with Crippen LogP contribution in [0.1, 0.15) is 20.8 Å². The molecule has 4 nitrogen and oxygen atoms in total. The van der Waals surface area contributed by atoms with Gasteiger partial charge in [0.2, 0.25) is 0 Å². The molecule has 0 amide bonds. The molecule has 1 saturated heterocycles. The molecule has 2 unspecified atom stereocenters. The lowest BCUT2D eigenvalue weighted by Crippen LogP contribution is -2.49. The van der Waals surface area contributed by atoms with Gasteiger partial charge in [0.05, 0.1) is 24.5 Å². The molecule has 20 heavy (non-hydrogen) atoms. The topological polar surface area (TPSA) is 33.7 Å². The summed E-state index contributed by atoms with van der Waals surface area (Å²) in [5.74, 6) is 0.826. The number of para-hydroxylation sites is 2. The summed E-state index contributed by atoms with van der Waals surface area (Å²) in [5.41, 5.74) is 0.908. The van der Waals surface area contributed by atoms with Crippen LogP contribution >= 0.6 is 12.2 Å².